The minimum Gasteiger partial charge on any atom is -0.506 e. The summed E-state index contributed by atoms with van der Waals surface area (Å²) >= 11 is 0. The van der Waals surface area contributed by atoms with Gasteiger partial charge in [0.2, 0.25) is 0 Å². The lowest BCUT2D eigenvalue weighted by Gasteiger charge is -2.23. The molecular formula is C20H19F3N4O3. The van der Waals surface area contributed by atoms with Gasteiger partial charge in [-0.1, -0.05) is 0 Å². The molecule has 4 rings (SSSR count). The van der Waals surface area contributed by atoms with E-state index in [2.05, 4.69) is 15.0 Å². The zero-order valence-corrected chi connectivity index (χ0v) is 15.9. The average molecular weight is 420 g/mol. The van der Waals surface area contributed by atoms with Crippen molar-refractivity contribution in [1.82, 2.24) is 19.5 Å². The van der Waals surface area contributed by atoms with Gasteiger partial charge in [-0.25, -0.2) is 9.97 Å². The van der Waals surface area contributed by atoms with Crippen molar-refractivity contribution < 1.29 is 23.0 Å². The monoisotopic (exact) mass is 420 g/mol. The van der Waals surface area contributed by atoms with Crippen LogP contribution < -0.4 is 5.56 Å². The Morgan fingerprint density at radius 3 is 2.73 bits per heavy atom. The van der Waals surface area contributed by atoms with E-state index in [9.17, 15) is 23.1 Å². The third kappa shape index (κ3) is 3.87. The molecule has 0 amide bonds. The number of pyridine rings is 2. The van der Waals surface area contributed by atoms with Gasteiger partial charge >= 0.3 is 6.18 Å². The Balaban J connectivity index is 1.90. The van der Waals surface area contributed by atoms with Gasteiger partial charge in [-0.15, -0.1) is 0 Å². The topological polar surface area (TPSA) is 90.1 Å². The van der Waals surface area contributed by atoms with E-state index in [0.29, 0.717) is 13.0 Å². The first kappa shape index (κ1) is 20.3. The largest absolute Gasteiger partial charge is 0.506 e. The van der Waals surface area contributed by atoms with Crippen LogP contribution in [0.2, 0.25) is 0 Å². The van der Waals surface area contributed by atoms with Crippen LogP contribution >= 0.6 is 0 Å². The molecular weight excluding hydrogens is 401 g/mol. The van der Waals surface area contributed by atoms with E-state index >= 15 is 0 Å². The van der Waals surface area contributed by atoms with E-state index in [1.54, 1.807) is 0 Å². The predicted molar refractivity (Wildman–Crippen MR) is 102 cm³/mol. The number of alkyl halides is 3. The SMILES string of the molecule is O=c1c2c(C(F)(F)F)nccc2nc(-c2ncccc2O)n1CC[C@H]1CCCCO1. The van der Waals surface area contributed by atoms with E-state index in [-0.39, 0.29) is 35.4 Å². The first-order valence-electron chi connectivity index (χ1n) is 9.59. The Kier molecular flexibility index (Phi) is 5.42. The second-order valence-corrected chi connectivity index (χ2v) is 7.09. The van der Waals surface area contributed by atoms with Crippen molar-refractivity contribution in [3.05, 3.63) is 46.6 Å². The summed E-state index contributed by atoms with van der Waals surface area (Å²) in [5.41, 5.74) is -2.30. The standard InChI is InChI=1S/C20H19F3N4O3/c21-20(22,23)17-15-13(6-9-25-17)26-18(16-14(28)5-3-8-24-16)27(19(15)29)10-7-12-4-1-2-11-30-12/h3,5-6,8-9,12,28H,1-2,4,7,10-11H2/t12-/m1/s1. The van der Waals surface area contributed by atoms with Crippen LogP contribution in [0.15, 0.2) is 35.4 Å². The molecule has 10 heteroatoms. The van der Waals surface area contributed by atoms with Crippen molar-refractivity contribution >= 4 is 10.9 Å². The highest BCUT2D eigenvalue weighted by Gasteiger charge is 2.36. The lowest BCUT2D eigenvalue weighted by Crippen LogP contribution is -2.29. The van der Waals surface area contributed by atoms with Gasteiger partial charge in [0.05, 0.1) is 17.0 Å². The summed E-state index contributed by atoms with van der Waals surface area (Å²) in [4.78, 5) is 24.9. The quantitative estimate of drug-likeness (QED) is 0.695. The van der Waals surface area contributed by atoms with Crippen LogP contribution in [0.3, 0.4) is 0 Å². The Bertz CT molecular complexity index is 1120. The van der Waals surface area contributed by atoms with Crippen LogP contribution in [-0.2, 0) is 17.5 Å². The maximum absolute atomic E-state index is 13.5. The summed E-state index contributed by atoms with van der Waals surface area (Å²) in [6.45, 7) is 0.690. The first-order valence-corrected chi connectivity index (χ1v) is 9.59. The van der Waals surface area contributed by atoms with E-state index in [1.807, 2.05) is 0 Å². The second kappa shape index (κ2) is 8.02. The molecule has 7 nitrogen and oxygen atoms in total. The van der Waals surface area contributed by atoms with E-state index in [4.69, 9.17) is 4.74 Å². The van der Waals surface area contributed by atoms with Gasteiger partial charge < -0.3 is 9.84 Å². The molecule has 30 heavy (non-hydrogen) atoms. The predicted octanol–water partition coefficient (Wildman–Crippen LogP) is 3.54. The highest BCUT2D eigenvalue weighted by Crippen LogP contribution is 2.32. The van der Waals surface area contributed by atoms with Crippen LogP contribution in [0.1, 0.15) is 31.4 Å². The molecule has 0 unspecified atom stereocenters. The van der Waals surface area contributed by atoms with Crippen molar-refractivity contribution in [2.75, 3.05) is 6.61 Å². The molecule has 0 aliphatic carbocycles. The number of aromatic hydroxyl groups is 1. The fourth-order valence-corrected chi connectivity index (χ4v) is 3.64. The summed E-state index contributed by atoms with van der Waals surface area (Å²) in [5, 5.41) is 9.61. The number of rotatable bonds is 4. The van der Waals surface area contributed by atoms with Gasteiger partial charge in [0.15, 0.2) is 11.5 Å². The van der Waals surface area contributed by atoms with Crippen LogP contribution in [0.4, 0.5) is 13.2 Å². The minimum atomic E-state index is -4.81. The summed E-state index contributed by atoms with van der Waals surface area (Å²) in [6.07, 6.45) is 0.660. The van der Waals surface area contributed by atoms with Crippen molar-refractivity contribution in [3.8, 4) is 17.3 Å². The number of nitrogens with zero attached hydrogens (tertiary/aromatic N) is 4. The molecule has 4 heterocycles. The fourth-order valence-electron chi connectivity index (χ4n) is 3.64. The summed E-state index contributed by atoms with van der Waals surface area (Å²) in [6, 6.07) is 4.12. The van der Waals surface area contributed by atoms with Gasteiger partial charge in [0.25, 0.3) is 5.56 Å². The van der Waals surface area contributed by atoms with Crippen LogP contribution in [0.5, 0.6) is 5.75 Å². The van der Waals surface area contributed by atoms with Gasteiger partial charge in [0, 0.05) is 25.5 Å². The molecule has 1 saturated heterocycles. The van der Waals surface area contributed by atoms with Gasteiger partial charge in [-0.2, -0.15) is 13.2 Å². The molecule has 158 valence electrons. The lowest BCUT2D eigenvalue weighted by atomic mass is 10.1. The second-order valence-electron chi connectivity index (χ2n) is 7.09. The molecule has 0 radical (unpaired) electrons. The molecule has 0 aromatic carbocycles. The molecule has 1 N–H and O–H groups in total. The Labute approximate surface area is 169 Å². The smallest absolute Gasteiger partial charge is 0.434 e. The highest BCUT2D eigenvalue weighted by atomic mass is 19.4. The molecule has 0 saturated carbocycles. The number of hydrogen-bond donors (Lipinski definition) is 1. The van der Waals surface area contributed by atoms with E-state index in [0.717, 1.165) is 30.0 Å². The van der Waals surface area contributed by atoms with Crippen molar-refractivity contribution in [2.24, 2.45) is 0 Å². The molecule has 1 fully saturated rings. The molecule has 1 atom stereocenters. The van der Waals surface area contributed by atoms with Crippen LogP contribution in [-0.4, -0.2) is 37.3 Å². The zero-order valence-electron chi connectivity index (χ0n) is 15.9. The number of hydrogen-bond acceptors (Lipinski definition) is 6. The Morgan fingerprint density at radius 1 is 1.20 bits per heavy atom. The molecule has 0 spiro atoms. The van der Waals surface area contributed by atoms with Gasteiger partial charge in [-0.3, -0.25) is 14.3 Å². The summed E-state index contributed by atoms with van der Waals surface area (Å²) in [5.74, 6) is -0.225. The highest BCUT2D eigenvalue weighted by molar-refractivity contribution is 5.82. The van der Waals surface area contributed by atoms with E-state index in [1.165, 1.54) is 24.4 Å². The molecule has 3 aromatic heterocycles. The molecule has 1 aliphatic rings. The Morgan fingerprint density at radius 2 is 2.03 bits per heavy atom. The number of ether oxygens (including phenoxy) is 1. The molecule has 3 aromatic rings. The van der Waals surface area contributed by atoms with Crippen molar-refractivity contribution in [1.29, 1.82) is 0 Å². The van der Waals surface area contributed by atoms with Gasteiger partial charge in [0.1, 0.15) is 11.4 Å². The number of fused-ring (bicyclic) bond motifs is 1. The molecule has 1 aliphatic heterocycles. The maximum Gasteiger partial charge on any atom is 0.434 e. The summed E-state index contributed by atoms with van der Waals surface area (Å²) < 4.78 is 47.3. The van der Waals surface area contributed by atoms with Gasteiger partial charge in [-0.05, 0) is 43.9 Å². The lowest BCUT2D eigenvalue weighted by molar-refractivity contribution is -0.139. The normalized spacial score (nSPS) is 17.4. The fraction of sp³-hybridized carbons (Fsp3) is 0.400. The third-order valence-electron chi connectivity index (χ3n) is 5.09. The average Bonchev–Trinajstić information content (AvgIpc) is 2.73. The maximum atomic E-state index is 13.5. The van der Waals surface area contributed by atoms with Crippen LogP contribution in [0, 0.1) is 0 Å². The third-order valence-corrected chi connectivity index (χ3v) is 5.09. The number of halogens is 3. The first-order chi connectivity index (χ1) is 14.4. The minimum absolute atomic E-state index is 0.000680. The van der Waals surface area contributed by atoms with Crippen LogP contribution in [0.25, 0.3) is 22.4 Å². The Hall–Kier alpha value is -3.01. The van der Waals surface area contributed by atoms with E-state index < -0.39 is 22.8 Å². The summed E-state index contributed by atoms with van der Waals surface area (Å²) in [7, 11) is 0. The number of aromatic nitrogens is 4. The van der Waals surface area contributed by atoms with Crippen molar-refractivity contribution in [3.63, 3.8) is 0 Å². The van der Waals surface area contributed by atoms with Crippen molar-refractivity contribution in [2.45, 2.75) is 44.5 Å². The molecule has 0 bridgehead atoms. The zero-order chi connectivity index (χ0) is 21.3.